The van der Waals surface area contributed by atoms with Crippen LogP contribution in [0, 0.1) is 5.82 Å². The smallest absolute Gasteiger partial charge is 0.341 e. The van der Waals surface area contributed by atoms with Gasteiger partial charge in [0.2, 0.25) is 9.84 Å². The van der Waals surface area contributed by atoms with Crippen LogP contribution in [0.1, 0.15) is 36.5 Å². The van der Waals surface area contributed by atoms with Crippen molar-refractivity contribution in [1.82, 2.24) is 0 Å². The molecule has 0 heterocycles. The molecule has 1 N–H and O–H groups in total. The van der Waals surface area contributed by atoms with Gasteiger partial charge in [-0.3, -0.25) is 0 Å². The zero-order valence-electron chi connectivity index (χ0n) is 13.4. The lowest BCUT2D eigenvalue weighted by molar-refractivity contribution is 0.171. The molecule has 0 radical (unpaired) electrons. The second kappa shape index (κ2) is 6.75. The van der Waals surface area contributed by atoms with Crippen LogP contribution in [0.3, 0.4) is 0 Å². The minimum absolute atomic E-state index is 0.0651. The Morgan fingerprint density at radius 2 is 1.92 bits per heavy atom. The molecule has 0 saturated heterocycles. The van der Waals surface area contributed by atoms with E-state index in [9.17, 15) is 26.7 Å². The van der Waals surface area contributed by atoms with Crippen LogP contribution >= 0.6 is 11.6 Å². The summed E-state index contributed by atoms with van der Waals surface area (Å²) in [6.45, 7) is 1.71. The molecule has 4 nitrogen and oxygen atoms in total. The monoisotopic (exact) mass is 406 g/mol. The molecule has 0 aliphatic heterocycles. The van der Waals surface area contributed by atoms with Gasteiger partial charge in [0, 0.05) is 22.2 Å². The van der Waals surface area contributed by atoms with Gasteiger partial charge in [-0.15, -0.1) is 0 Å². The fourth-order valence-corrected chi connectivity index (χ4v) is 4.38. The van der Waals surface area contributed by atoms with E-state index in [1.54, 1.807) is 6.92 Å². The Hall–Kier alpha value is -1.77. The van der Waals surface area contributed by atoms with Crippen molar-refractivity contribution >= 4 is 21.4 Å². The van der Waals surface area contributed by atoms with E-state index in [0.29, 0.717) is 5.56 Å². The van der Waals surface area contributed by atoms with Crippen LogP contribution in [-0.2, 0) is 9.84 Å². The highest BCUT2D eigenvalue weighted by molar-refractivity contribution is 7.91. The molecule has 0 amide bonds. The van der Waals surface area contributed by atoms with Crippen molar-refractivity contribution in [2.75, 3.05) is 0 Å². The SMILES string of the molecule is C[C@H]1C[C@H](O)c2c(S(=O)(=O)C(F)F)ccc(Oc3cc(F)cc(Cl)c3)c21. The van der Waals surface area contributed by atoms with Crippen molar-refractivity contribution < 1.29 is 31.4 Å². The first-order valence-corrected chi connectivity index (χ1v) is 9.54. The molecule has 0 fully saturated rings. The fraction of sp³-hybridized carbons (Fsp3) is 0.294. The van der Waals surface area contributed by atoms with Gasteiger partial charge < -0.3 is 9.84 Å². The summed E-state index contributed by atoms with van der Waals surface area (Å²) in [5.74, 6) is -4.36. The molecular weight excluding hydrogens is 393 g/mol. The van der Waals surface area contributed by atoms with Crippen molar-refractivity contribution in [3.8, 4) is 11.5 Å². The van der Waals surface area contributed by atoms with Crippen LogP contribution in [0.2, 0.25) is 5.02 Å². The predicted molar refractivity (Wildman–Crippen MR) is 89.1 cm³/mol. The second-order valence-electron chi connectivity index (χ2n) is 6.05. The van der Waals surface area contributed by atoms with E-state index < -0.39 is 32.4 Å². The number of rotatable bonds is 4. The van der Waals surface area contributed by atoms with Crippen LogP contribution in [0.5, 0.6) is 11.5 Å². The summed E-state index contributed by atoms with van der Waals surface area (Å²) in [6, 6.07) is 5.72. The van der Waals surface area contributed by atoms with Gasteiger partial charge in [-0.1, -0.05) is 18.5 Å². The Balaban J connectivity index is 2.15. The number of ether oxygens (including phenoxy) is 1. The molecule has 2 aromatic rings. The summed E-state index contributed by atoms with van der Waals surface area (Å²) >= 11 is 5.78. The average molecular weight is 407 g/mol. The largest absolute Gasteiger partial charge is 0.457 e. The van der Waals surface area contributed by atoms with Crippen molar-refractivity contribution in [1.29, 1.82) is 0 Å². The van der Waals surface area contributed by atoms with E-state index in [-0.39, 0.29) is 34.4 Å². The molecule has 1 aliphatic rings. The quantitative estimate of drug-likeness (QED) is 0.791. The zero-order valence-corrected chi connectivity index (χ0v) is 15.0. The van der Waals surface area contributed by atoms with Gasteiger partial charge in [-0.2, -0.15) is 8.78 Å². The maximum atomic E-state index is 13.5. The standard InChI is InChI=1S/C17H14ClF3O4S/c1-8-4-12(22)16-14(26(23,24)17(20)21)3-2-13(15(8)16)25-11-6-9(18)5-10(19)7-11/h2-3,5-8,12,17,22H,4H2,1H3/t8-,12-/m0/s1. The van der Waals surface area contributed by atoms with Crippen molar-refractivity contribution in [2.45, 2.75) is 36.0 Å². The summed E-state index contributed by atoms with van der Waals surface area (Å²) in [7, 11) is -4.89. The highest BCUT2D eigenvalue weighted by Gasteiger charge is 2.39. The molecule has 0 spiro atoms. The number of benzene rings is 2. The molecular formula is C17H14ClF3O4S. The van der Waals surface area contributed by atoms with Crippen molar-refractivity contribution in [3.63, 3.8) is 0 Å². The second-order valence-corrected chi connectivity index (χ2v) is 8.38. The first kappa shape index (κ1) is 19.0. The third-order valence-electron chi connectivity index (χ3n) is 4.21. The van der Waals surface area contributed by atoms with Crippen LogP contribution in [0.15, 0.2) is 35.2 Å². The van der Waals surface area contributed by atoms with E-state index in [4.69, 9.17) is 16.3 Å². The zero-order chi connectivity index (χ0) is 19.2. The maximum absolute atomic E-state index is 13.5. The van der Waals surface area contributed by atoms with E-state index >= 15 is 0 Å². The lowest BCUT2D eigenvalue weighted by Crippen LogP contribution is -2.15. The molecule has 2 atom stereocenters. The topological polar surface area (TPSA) is 63.6 Å². The van der Waals surface area contributed by atoms with Crippen LogP contribution < -0.4 is 4.74 Å². The molecule has 26 heavy (non-hydrogen) atoms. The predicted octanol–water partition coefficient (Wildman–Crippen LogP) is 4.81. The molecule has 3 rings (SSSR count). The molecule has 9 heteroatoms. The number of sulfone groups is 1. The van der Waals surface area contributed by atoms with Gasteiger partial charge in [0.25, 0.3) is 0 Å². The Bertz CT molecular complexity index is 942. The number of aliphatic hydroxyl groups is 1. The minimum Gasteiger partial charge on any atom is -0.457 e. The van der Waals surface area contributed by atoms with Gasteiger partial charge in [0.1, 0.15) is 17.3 Å². The van der Waals surface area contributed by atoms with Gasteiger partial charge >= 0.3 is 5.76 Å². The van der Waals surface area contributed by atoms with E-state index in [0.717, 1.165) is 18.2 Å². The minimum atomic E-state index is -4.89. The fourth-order valence-electron chi connectivity index (χ4n) is 3.17. The number of aliphatic hydroxyl groups excluding tert-OH is 1. The summed E-state index contributed by atoms with van der Waals surface area (Å²) in [5.41, 5.74) is 0.206. The first-order chi connectivity index (χ1) is 12.1. The number of hydrogen-bond acceptors (Lipinski definition) is 4. The summed E-state index contributed by atoms with van der Waals surface area (Å²) in [5, 5.41) is 10.3. The summed E-state index contributed by atoms with van der Waals surface area (Å²) in [6.07, 6.45) is -1.06. The molecule has 0 aromatic heterocycles. The number of alkyl halides is 2. The Morgan fingerprint density at radius 1 is 1.23 bits per heavy atom. The summed E-state index contributed by atoms with van der Waals surface area (Å²) < 4.78 is 68.9. The highest BCUT2D eigenvalue weighted by Crippen LogP contribution is 2.49. The number of fused-ring (bicyclic) bond motifs is 1. The highest BCUT2D eigenvalue weighted by atomic mass is 35.5. The Morgan fingerprint density at radius 3 is 2.54 bits per heavy atom. The Kier molecular flexibility index (Phi) is 4.94. The average Bonchev–Trinajstić information content (AvgIpc) is 2.82. The third kappa shape index (κ3) is 3.28. The third-order valence-corrected chi connectivity index (χ3v) is 5.87. The van der Waals surface area contributed by atoms with Crippen molar-refractivity contribution in [2.24, 2.45) is 0 Å². The number of hydrogen-bond donors (Lipinski definition) is 1. The van der Waals surface area contributed by atoms with E-state index in [1.165, 1.54) is 12.1 Å². The maximum Gasteiger partial charge on any atom is 0.341 e. The van der Waals surface area contributed by atoms with E-state index in [2.05, 4.69) is 0 Å². The van der Waals surface area contributed by atoms with Crippen LogP contribution in [0.25, 0.3) is 0 Å². The lowest BCUT2D eigenvalue weighted by atomic mass is 10.0. The molecule has 2 aromatic carbocycles. The summed E-state index contributed by atoms with van der Waals surface area (Å²) in [4.78, 5) is -0.621. The first-order valence-electron chi connectivity index (χ1n) is 7.62. The van der Waals surface area contributed by atoms with E-state index in [1.807, 2.05) is 0 Å². The molecule has 1 aliphatic carbocycles. The molecule has 0 unspecified atom stereocenters. The van der Waals surface area contributed by atoms with Gasteiger partial charge in [0.15, 0.2) is 0 Å². The van der Waals surface area contributed by atoms with Crippen molar-refractivity contribution in [3.05, 3.63) is 52.3 Å². The number of halogens is 4. The van der Waals surface area contributed by atoms with Gasteiger partial charge in [-0.25, -0.2) is 12.8 Å². The molecule has 0 saturated carbocycles. The molecule has 140 valence electrons. The van der Waals surface area contributed by atoms with Crippen LogP contribution in [0.4, 0.5) is 13.2 Å². The Labute approximate surface area is 153 Å². The van der Waals surface area contributed by atoms with Gasteiger partial charge in [-0.05, 0) is 36.6 Å². The van der Waals surface area contributed by atoms with Gasteiger partial charge in [0.05, 0.1) is 11.0 Å². The lowest BCUT2D eigenvalue weighted by Gasteiger charge is -2.17. The molecule has 0 bridgehead atoms. The normalized spacial score (nSPS) is 19.7. The van der Waals surface area contributed by atoms with Crippen LogP contribution in [-0.4, -0.2) is 19.3 Å².